The largest absolute Gasteiger partial charge is 0.381 e. The number of carbonyl (C=O) groups excluding carboxylic acids is 5. The second kappa shape index (κ2) is 9.89. The summed E-state index contributed by atoms with van der Waals surface area (Å²) in [5, 5.41) is 2.22. The number of amides is 5. The van der Waals surface area contributed by atoms with Crippen LogP contribution in [0.15, 0.2) is 18.2 Å². The number of piperidine rings is 2. The van der Waals surface area contributed by atoms with Gasteiger partial charge in [0.2, 0.25) is 17.7 Å². The van der Waals surface area contributed by atoms with E-state index in [-0.39, 0.29) is 30.6 Å². The van der Waals surface area contributed by atoms with Gasteiger partial charge in [-0.05, 0) is 68.6 Å². The van der Waals surface area contributed by atoms with Crippen LogP contribution in [0.2, 0.25) is 0 Å². The molecule has 1 atom stereocenters. The number of fused-ring (bicyclic) bond motifs is 1. The molecular formula is C26H31N3O6. The van der Waals surface area contributed by atoms with Gasteiger partial charge in [-0.2, -0.15) is 0 Å². The molecule has 1 aromatic rings. The highest BCUT2D eigenvalue weighted by Crippen LogP contribution is 2.30. The van der Waals surface area contributed by atoms with E-state index < -0.39 is 23.8 Å². The first-order valence-electron chi connectivity index (χ1n) is 12.6. The zero-order chi connectivity index (χ0) is 24.5. The maximum absolute atomic E-state index is 13.0. The number of nitrogens with one attached hydrogen (secondary N) is 1. The van der Waals surface area contributed by atoms with E-state index in [1.165, 1.54) is 0 Å². The van der Waals surface area contributed by atoms with Gasteiger partial charge in [-0.25, -0.2) is 0 Å². The number of aryl methyl sites for hydroxylation is 1. The Balaban J connectivity index is 1.16. The standard InChI is InChI=1S/C26H31N3O6/c30-22-6-5-21(23(31)27-22)29-25(33)19-4-3-17(15-20(19)26(29)34)2-1-16-7-11-28(12-8-16)24(32)18-9-13-35-14-10-18/h3-4,15-16,18,21H,1-2,5-14H2,(H,27,30,31). The maximum Gasteiger partial charge on any atom is 0.262 e. The molecular weight excluding hydrogens is 450 g/mol. The number of ether oxygens (including phenoxy) is 1. The highest BCUT2D eigenvalue weighted by Gasteiger charge is 2.44. The van der Waals surface area contributed by atoms with E-state index in [1.54, 1.807) is 12.1 Å². The fourth-order valence-electron chi connectivity index (χ4n) is 5.69. The minimum absolute atomic E-state index is 0.103. The molecule has 0 spiro atoms. The molecule has 5 rings (SSSR count). The SMILES string of the molecule is O=C1CCC(N2C(=O)c3ccc(CCC4CCN(C(=O)C5CCOCC5)CC4)cc3C2=O)C(=O)N1. The van der Waals surface area contributed by atoms with Gasteiger partial charge in [-0.15, -0.1) is 0 Å². The lowest BCUT2D eigenvalue weighted by Crippen LogP contribution is -2.54. The van der Waals surface area contributed by atoms with E-state index in [2.05, 4.69) is 5.32 Å². The smallest absolute Gasteiger partial charge is 0.262 e. The molecule has 0 bridgehead atoms. The van der Waals surface area contributed by atoms with Crippen molar-refractivity contribution in [3.8, 4) is 0 Å². The molecule has 3 fully saturated rings. The van der Waals surface area contributed by atoms with E-state index in [0.717, 1.165) is 62.1 Å². The van der Waals surface area contributed by atoms with E-state index in [0.29, 0.717) is 30.3 Å². The Morgan fingerprint density at radius 3 is 2.37 bits per heavy atom. The molecule has 5 amide bonds. The number of nitrogens with zero attached hydrogens (tertiary/aromatic N) is 2. The number of carbonyl (C=O) groups is 5. The molecule has 35 heavy (non-hydrogen) atoms. The van der Waals surface area contributed by atoms with Crippen molar-refractivity contribution in [2.75, 3.05) is 26.3 Å². The number of hydrogen-bond acceptors (Lipinski definition) is 6. The topological polar surface area (TPSA) is 113 Å². The lowest BCUT2D eigenvalue weighted by Gasteiger charge is -2.35. The predicted molar refractivity (Wildman–Crippen MR) is 124 cm³/mol. The van der Waals surface area contributed by atoms with Crippen molar-refractivity contribution in [2.24, 2.45) is 11.8 Å². The minimum atomic E-state index is -0.947. The third-order valence-electron chi connectivity index (χ3n) is 7.84. The second-order valence-electron chi connectivity index (χ2n) is 10.0. The molecule has 1 unspecified atom stereocenters. The van der Waals surface area contributed by atoms with E-state index in [1.807, 2.05) is 11.0 Å². The summed E-state index contributed by atoms with van der Waals surface area (Å²) < 4.78 is 5.37. The lowest BCUT2D eigenvalue weighted by atomic mass is 9.89. The molecule has 1 N–H and O–H groups in total. The summed E-state index contributed by atoms with van der Waals surface area (Å²) in [7, 11) is 0. The van der Waals surface area contributed by atoms with Gasteiger partial charge < -0.3 is 9.64 Å². The molecule has 1 aromatic carbocycles. The lowest BCUT2D eigenvalue weighted by molar-refractivity contribution is -0.140. The zero-order valence-corrected chi connectivity index (χ0v) is 19.8. The highest BCUT2D eigenvalue weighted by molar-refractivity contribution is 6.23. The van der Waals surface area contributed by atoms with Crippen LogP contribution >= 0.6 is 0 Å². The first-order chi connectivity index (χ1) is 16.9. The summed E-state index contributed by atoms with van der Waals surface area (Å²) >= 11 is 0. The van der Waals surface area contributed by atoms with E-state index in [4.69, 9.17) is 4.74 Å². The average Bonchev–Trinajstić information content (AvgIpc) is 3.12. The van der Waals surface area contributed by atoms with Crippen LogP contribution < -0.4 is 5.32 Å². The van der Waals surface area contributed by atoms with E-state index >= 15 is 0 Å². The molecule has 9 heteroatoms. The molecule has 9 nitrogen and oxygen atoms in total. The first kappa shape index (κ1) is 23.7. The van der Waals surface area contributed by atoms with Crippen LogP contribution in [-0.2, 0) is 25.5 Å². The molecule has 4 heterocycles. The van der Waals surface area contributed by atoms with Gasteiger partial charge in [0.25, 0.3) is 11.8 Å². The van der Waals surface area contributed by atoms with Gasteiger partial charge >= 0.3 is 0 Å². The summed E-state index contributed by atoms with van der Waals surface area (Å²) in [5.41, 5.74) is 1.62. The quantitative estimate of drug-likeness (QED) is 0.641. The number of imide groups is 2. The molecule has 4 aliphatic rings. The Labute approximate surface area is 204 Å². The average molecular weight is 482 g/mol. The Kier molecular flexibility index (Phi) is 6.69. The van der Waals surface area contributed by atoms with Crippen LogP contribution in [0, 0.1) is 11.8 Å². The second-order valence-corrected chi connectivity index (χ2v) is 10.0. The maximum atomic E-state index is 13.0. The Bertz CT molecular complexity index is 1060. The van der Waals surface area contributed by atoms with Crippen molar-refractivity contribution in [3.05, 3.63) is 34.9 Å². The highest BCUT2D eigenvalue weighted by atomic mass is 16.5. The van der Waals surface area contributed by atoms with Crippen LogP contribution in [0.5, 0.6) is 0 Å². The summed E-state index contributed by atoms with van der Waals surface area (Å²) in [5.74, 6) is -1.05. The van der Waals surface area contributed by atoms with Crippen molar-refractivity contribution in [1.29, 1.82) is 0 Å². The fourth-order valence-corrected chi connectivity index (χ4v) is 5.69. The molecule has 186 valence electrons. The van der Waals surface area contributed by atoms with Crippen LogP contribution in [0.1, 0.15) is 71.2 Å². The summed E-state index contributed by atoms with van der Waals surface area (Å²) in [6.45, 7) is 2.93. The minimum Gasteiger partial charge on any atom is -0.381 e. The van der Waals surface area contributed by atoms with Gasteiger partial charge in [-0.3, -0.25) is 34.2 Å². The molecule has 0 radical (unpaired) electrons. The van der Waals surface area contributed by atoms with Crippen molar-refractivity contribution >= 4 is 29.5 Å². The van der Waals surface area contributed by atoms with Gasteiger partial charge in [-0.1, -0.05) is 6.07 Å². The number of benzene rings is 1. The number of rotatable bonds is 5. The zero-order valence-electron chi connectivity index (χ0n) is 19.8. The molecule has 4 aliphatic heterocycles. The number of likely N-dealkylation sites (tertiary alicyclic amines) is 1. The first-order valence-corrected chi connectivity index (χ1v) is 12.6. The Hall–Kier alpha value is -3.07. The normalized spacial score (nSPS) is 24.1. The third kappa shape index (κ3) is 4.74. The molecule has 3 saturated heterocycles. The molecule has 0 saturated carbocycles. The molecule has 0 aliphatic carbocycles. The van der Waals surface area contributed by atoms with Crippen molar-refractivity contribution in [1.82, 2.24) is 15.1 Å². The van der Waals surface area contributed by atoms with Crippen molar-refractivity contribution in [3.63, 3.8) is 0 Å². The van der Waals surface area contributed by atoms with Gasteiger partial charge in [0.15, 0.2) is 0 Å². The summed E-state index contributed by atoms with van der Waals surface area (Å²) in [4.78, 5) is 65.3. The molecule has 0 aromatic heterocycles. The van der Waals surface area contributed by atoms with Crippen molar-refractivity contribution < 1.29 is 28.7 Å². The van der Waals surface area contributed by atoms with Crippen LogP contribution in [0.3, 0.4) is 0 Å². The van der Waals surface area contributed by atoms with Crippen LogP contribution in [0.4, 0.5) is 0 Å². The Morgan fingerprint density at radius 1 is 0.943 bits per heavy atom. The van der Waals surface area contributed by atoms with Crippen molar-refractivity contribution in [2.45, 2.75) is 57.4 Å². The monoisotopic (exact) mass is 481 g/mol. The van der Waals surface area contributed by atoms with Gasteiger partial charge in [0.1, 0.15) is 6.04 Å². The van der Waals surface area contributed by atoms with Gasteiger partial charge in [0, 0.05) is 38.6 Å². The van der Waals surface area contributed by atoms with Gasteiger partial charge in [0.05, 0.1) is 11.1 Å². The summed E-state index contributed by atoms with van der Waals surface area (Å²) in [6.07, 6.45) is 5.58. The number of hydrogen-bond donors (Lipinski definition) is 1. The Morgan fingerprint density at radius 2 is 1.66 bits per heavy atom. The predicted octanol–water partition coefficient (Wildman–Crippen LogP) is 1.69. The van der Waals surface area contributed by atoms with Crippen LogP contribution in [0.25, 0.3) is 0 Å². The van der Waals surface area contributed by atoms with E-state index in [9.17, 15) is 24.0 Å². The third-order valence-corrected chi connectivity index (χ3v) is 7.84. The van der Waals surface area contributed by atoms with Crippen LogP contribution in [-0.4, -0.2) is 71.7 Å². The fraction of sp³-hybridized carbons (Fsp3) is 0.577. The summed E-state index contributed by atoms with van der Waals surface area (Å²) in [6, 6.07) is 4.37.